The molecule has 27 heavy (non-hydrogen) atoms. The number of carboxylic acids is 1. The van der Waals surface area contributed by atoms with Crippen LogP contribution in [0.15, 0.2) is 0 Å². The van der Waals surface area contributed by atoms with E-state index < -0.39 is 67.7 Å². The number of hydrogen-bond acceptors (Lipinski definition) is 8. The van der Waals surface area contributed by atoms with E-state index in [2.05, 4.69) is 16.0 Å². The second-order valence-corrected chi connectivity index (χ2v) is 6.31. The van der Waals surface area contributed by atoms with Crippen LogP contribution in [0.1, 0.15) is 20.3 Å². The lowest BCUT2D eigenvalue weighted by Gasteiger charge is -2.23. The van der Waals surface area contributed by atoms with Gasteiger partial charge in [-0.1, -0.05) is 13.8 Å². The Bertz CT molecular complexity index is 528. The third kappa shape index (κ3) is 8.77. The lowest BCUT2D eigenvalue weighted by molar-refractivity contribution is -0.143. The predicted molar refractivity (Wildman–Crippen MR) is 92.1 cm³/mol. The van der Waals surface area contributed by atoms with Crippen molar-refractivity contribution >= 4 is 23.7 Å². The summed E-state index contributed by atoms with van der Waals surface area (Å²) >= 11 is 0. The monoisotopic (exact) mass is 392 g/mol. The van der Waals surface area contributed by atoms with Crippen molar-refractivity contribution in [2.45, 2.75) is 44.4 Å². The number of hydrogen-bond donors (Lipinski definition) is 8. The van der Waals surface area contributed by atoms with Crippen LogP contribution in [-0.2, 0) is 19.2 Å². The van der Waals surface area contributed by atoms with Crippen LogP contribution in [0, 0.1) is 5.92 Å². The number of carbonyl (C=O) groups is 4. The molecule has 0 bridgehead atoms. The molecule has 0 unspecified atom stereocenters. The largest absolute Gasteiger partial charge is 0.480 e. The Hall–Kier alpha value is -2.28. The van der Waals surface area contributed by atoms with Gasteiger partial charge in [0.1, 0.15) is 24.2 Å². The van der Waals surface area contributed by atoms with E-state index in [1.165, 1.54) is 0 Å². The normalized spacial score (nSPS) is 15.4. The van der Waals surface area contributed by atoms with E-state index in [9.17, 15) is 29.4 Å². The molecule has 0 saturated heterocycles. The predicted octanol–water partition coefficient (Wildman–Crippen LogP) is -4.12. The molecular weight excluding hydrogens is 364 g/mol. The minimum Gasteiger partial charge on any atom is -0.480 e. The van der Waals surface area contributed by atoms with Gasteiger partial charge >= 0.3 is 5.97 Å². The number of amides is 3. The van der Waals surface area contributed by atoms with Gasteiger partial charge in [-0.2, -0.15) is 0 Å². The van der Waals surface area contributed by atoms with Crippen molar-refractivity contribution in [1.82, 2.24) is 16.0 Å². The quantitative estimate of drug-likeness (QED) is 0.162. The van der Waals surface area contributed by atoms with Crippen LogP contribution in [0.25, 0.3) is 0 Å². The fraction of sp³-hybridized carbons (Fsp3) is 0.733. The number of aliphatic hydroxyl groups is 3. The molecule has 0 rings (SSSR count). The van der Waals surface area contributed by atoms with Gasteiger partial charge in [0.25, 0.3) is 0 Å². The first-order chi connectivity index (χ1) is 12.6. The molecule has 4 atom stereocenters. The summed E-state index contributed by atoms with van der Waals surface area (Å²) in [7, 11) is 0. The molecule has 0 aliphatic heterocycles. The number of aliphatic carboxylic acids is 1. The summed E-state index contributed by atoms with van der Waals surface area (Å²) in [5, 5.41) is 42.9. The van der Waals surface area contributed by atoms with Crippen molar-refractivity contribution in [2.24, 2.45) is 11.7 Å². The van der Waals surface area contributed by atoms with Crippen molar-refractivity contribution in [3.8, 4) is 0 Å². The molecule has 0 spiro atoms. The summed E-state index contributed by atoms with van der Waals surface area (Å²) in [6.07, 6.45) is 0.140. The SMILES string of the molecule is CC(C)C[C@H](NC(=O)[C@H](CO)NC(=O)[C@H](CO)NC(=O)[C@@H](N)CO)C(=O)O. The maximum Gasteiger partial charge on any atom is 0.326 e. The van der Waals surface area contributed by atoms with Crippen LogP contribution in [0.4, 0.5) is 0 Å². The van der Waals surface area contributed by atoms with Crippen molar-refractivity contribution < 1.29 is 39.6 Å². The van der Waals surface area contributed by atoms with E-state index in [4.69, 9.17) is 15.9 Å². The van der Waals surface area contributed by atoms with Gasteiger partial charge in [0.2, 0.25) is 17.7 Å². The molecule has 156 valence electrons. The molecule has 0 aromatic carbocycles. The number of carboxylic acid groups (broad SMARTS) is 1. The fourth-order valence-corrected chi connectivity index (χ4v) is 1.99. The molecule has 12 nitrogen and oxygen atoms in total. The van der Waals surface area contributed by atoms with Crippen molar-refractivity contribution in [1.29, 1.82) is 0 Å². The number of aliphatic hydroxyl groups excluding tert-OH is 3. The Morgan fingerprint density at radius 3 is 1.52 bits per heavy atom. The Labute approximate surface area is 156 Å². The summed E-state index contributed by atoms with van der Waals surface area (Å²) in [6.45, 7) is 1.17. The number of nitrogens with one attached hydrogen (secondary N) is 3. The maximum atomic E-state index is 12.1. The second-order valence-electron chi connectivity index (χ2n) is 6.31. The highest BCUT2D eigenvalue weighted by Crippen LogP contribution is 2.05. The van der Waals surface area contributed by atoms with E-state index in [0.717, 1.165) is 0 Å². The number of nitrogens with two attached hydrogens (primary N) is 1. The van der Waals surface area contributed by atoms with Crippen LogP contribution in [0.5, 0.6) is 0 Å². The lowest BCUT2D eigenvalue weighted by atomic mass is 10.0. The zero-order valence-corrected chi connectivity index (χ0v) is 15.2. The highest BCUT2D eigenvalue weighted by atomic mass is 16.4. The Kier molecular flexibility index (Phi) is 11.1. The van der Waals surface area contributed by atoms with Crippen LogP contribution in [-0.4, -0.2) is 88.1 Å². The average molecular weight is 392 g/mol. The first kappa shape index (κ1) is 24.7. The summed E-state index contributed by atoms with van der Waals surface area (Å²) in [4.78, 5) is 47.0. The average Bonchev–Trinajstić information content (AvgIpc) is 2.61. The van der Waals surface area contributed by atoms with Gasteiger partial charge in [-0.3, -0.25) is 14.4 Å². The maximum absolute atomic E-state index is 12.1. The molecule has 0 radical (unpaired) electrons. The van der Waals surface area contributed by atoms with Gasteiger partial charge in [0.15, 0.2) is 0 Å². The molecule has 0 aromatic rings. The summed E-state index contributed by atoms with van der Waals surface area (Å²) in [6, 6.07) is -5.50. The van der Waals surface area contributed by atoms with Crippen LogP contribution < -0.4 is 21.7 Å². The van der Waals surface area contributed by atoms with Gasteiger partial charge in [0, 0.05) is 0 Å². The van der Waals surface area contributed by atoms with Crippen molar-refractivity contribution in [2.75, 3.05) is 19.8 Å². The van der Waals surface area contributed by atoms with E-state index in [-0.39, 0.29) is 12.3 Å². The lowest BCUT2D eigenvalue weighted by Crippen LogP contribution is -2.59. The van der Waals surface area contributed by atoms with E-state index in [1.807, 2.05) is 0 Å². The van der Waals surface area contributed by atoms with Crippen LogP contribution in [0.3, 0.4) is 0 Å². The van der Waals surface area contributed by atoms with Gasteiger partial charge < -0.3 is 42.1 Å². The van der Waals surface area contributed by atoms with E-state index in [0.29, 0.717) is 0 Å². The Morgan fingerprint density at radius 2 is 1.19 bits per heavy atom. The minimum absolute atomic E-state index is 0.0294. The van der Waals surface area contributed by atoms with E-state index in [1.54, 1.807) is 13.8 Å². The third-order valence-corrected chi connectivity index (χ3v) is 3.49. The Balaban J connectivity index is 4.96. The molecule has 0 aromatic heterocycles. The van der Waals surface area contributed by atoms with Gasteiger partial charge in [-0.05, 0) is 12.3 Å². The fourth-order valence-electron chi connectivity index (χ4n) is 1.99. The third-order valence-electron chi connectivity index (χ3n) is 3.49. The molecule has 12 heteroatoms. The van der Waals surface area contributed by atoms with E-state index >= 15 is 0 Å². The smallest absolute Gasteiger partial charge is 0.326 e. The van der Waals surface area contributed by atoms with Crippen molar-refractivity contribution in [3.05, 3.63) is 0 Å². The summed E-state index contributed by atoms with van der Waals surface area (Å²) in [5.41, 5.74) is 5.28. The zero-order chi connectivity index (χ0) is 21.1. The van der Waals surface area contributed by atoms with Crippen LogP contribution in [0.2, 0.25) is 0 Å². The Morgan fingerprint density at radius 1 is 0.778 bits per heavy atom. The molecule has 0 saturated carbocycles. The minimum atomic E-state index is -1.50. The first-order valence-electron chi connectivity index (χ1n) is 8.29. The first-order valence-corrected chi connectivity index (χ1v) is 8.29. The zero-order valence-electron chi connectivity index (χ0n) is 15.2. The highest BCUT2D eigenvalue weighted by Gasteiger charge is 2.29. The summed E-state index contributed by atoms with van der Waals surface area (Å²) in [5.74, 6) is -4.13. The topological polar surface area (TPSA) is 211 Å². The number of carbonyl (C=O) groups excluding carboxylic acids is 3. The van der Waals surface area contributed by atoms with Gasteiger partial charge in [0.05, 0.1) is 19.8 Å². The molecular formula is C15H28N4O8. The molecule has 9 N–H and O–H groups in total. The highest BCUT2D eigenvalue weighted by molar-refractivity contribution is 5.94. The van der Waals surface area contributed by atoms with Gasteiger partial charge in [-0.25, -0.2) is 4.79 Å². The van der Waals surface area contributed by atoms with Gasteiger partial charge in [-0.15, -0.1) is 0 Å². The summed E-state index contributed by atoms with van der Waals surface area (Å²) < 4.78 is 0. The molecule has 0 fully saturated rings. The number of rotatable bonds is 12. The standard InChI is InChI=1S/C15H28N4O8/c1-7(2)3-9(15(26)27)17-13(24)11(6-22)19-14(25)10(5-21)18-12(23)8(16)4-20/h7-11,20-22H,3-6,16H2,1-2H3,(H,17,24)(H,18,23)(H,19,25)(H,26,27)/t8-,9-,10-,11-/m0/s1. The second kappa shape index (κ2) is 12.2. The molecule has 0 aliphatic rings. The van der Waals surface area contributed by atoms with Crippen LogP contribution >= 0.6 is 0 Å². The molecule has 0 aliphatic carbocycles. The molecule has 3 amide bonds. The molecule has 0 heterocycles. The van der Waals surface area contributed by atoms with Crippen molar-refractivity contribution in [3.63, 3.8) is 0 Å².